The highest BCUT2D eigenvalue weighted by molar-refractivity contribution is 5.91. The largest absolute Gasteiger partial charge is 0.463 e. The summed E-state index contributed by atoms with van der Waals surface area (Å²) in [5, 5.41) is 0. The Balaban J connectivity index is 2.40. The molecule has 0 aromatic carbocycles. The lowest BCUT2D eigenvalue weighted by molar-refractivity contribution is -0.140. The maximum Gasteiger partial charge on any atom is 0.331 e. The zero-order chi connectivity index (χ0) is 15.0. The maximum atomic E-state index is 11.2. The molecular formula is C12H14N2O6. The van der Waals surface area contributed by atoms with Crippen molar-refractivity contribution < 1.29 is 19.1 Å². The van der Waals surface area contributed by atoms with Crippen LogP contribution in [0.1, 0.15) is 12.6 Å². The molecule has 0 atom stereocenters. The molecule has 1 aromatic rings. The van der Waals surface area contributed by atoms with Gasteiger partial charge in [0.1, 0.15) is 0 Å². The Bertz CT molecular complexity index is 585. The molecule has 0 radical (unpaired) electrons. The van der Waals surface area contributed by atoms with Gasteiger partial charge in [0.15, 0.2) is 0 Å². The molecule has 8 nitrogen and oxygen atoms in total. The summed E-state index contributed by atoms with van der Waals surface area (Å²) in [4.78, 5) is 48.5. The van der Waals surface area contributed by atoms with Gasteiger partial charge in [-0.1, -0.05) is 0 Å². The highest BCUT2D eigenvalue weighted by atomic mass is 16.5. The van der Waals surface area contributed by atoms with Crippen molar-refractivity contribution in [2.75, 3.05) is 13.2 Å². The van der Waals surface area contributed by atoms with E-state index in [1.54, 1.807) is 6.92 Å². The average molecular weight is 282 g/mol. The van der Waals surface area contributed by atoms with Crippen molar-refractivity contribution >= 4 is 11.9 Å². The summed E-state index contributed by atoms with van der Waals surface area (Å²) < 4.78 is 9.37. The maximum absolute atomic E-state index is 11.2. The first kappa shape index (κ1) is 15.4. The molecule has 0 aliphatic carbocycles. The highest BCUT2D eigenvalue weighted by Gasteiger charge is 2.02. The molecule has 0 unspecified atom stereocenters. The first-order valence-corrected chi connectivity index (χ1v) is 5.85. The van der Waals surface area contributed by atoms with E-state index in [4.69, 9.17) is 4.74 Å². The van der Waals surface area contributed by atoms with E-state index >= 15 is 0 Å². The molecule has 0 saturated heterocycles. The molecule has 0 amide bonds. The summed E-state index contributed by atoms with van der Waals surface area (Å²) >= 11 is 0. The molecule has 0 bridgehead atoms. The lowest BCUT2D eigenvalue weighted by Crippen LogP contribution is -2.23. The van der Waals surface area contributed by atoms with Gasteiger partial charge in [-0.25, -0.2) is 14.4 Å². The molecule has 0 fully saturated rings. The smallest absolute Gasteiger partial charge is 0.331 e. The molecule has 108 valence electrons. The van der Waals surface area contributed by atoms with Crippen molar-refractivity contribution in [1.82, 2.24) is 9.97 Å². The molecule has 8 heteroatoms. The van der Waals surface area contributed by atoms with Crippen molar-refractivity contribution in [3.63, 3.8) is 0 Å². The molecule has 1 heterocycles. The molecule has 0 aliphatic heterocycles. The third kappa shape index (κ3) is 5.80. The minimum atomic E-state index is -0.717. The Morgan fingerprint density at radius 3 is 2.40 bits per heavy atom. The minimum absolute atomic E-state index is 0.0363. The second-order valence-corrected chi connectivity index (χ2v) is 3.62. The number of nitrogens with one attached hydrogen (secondary N) is 2. The van der Waals surface area contributed by atoms with Gasteiger partial charge in [-0.3, -0.25) is 9.78 Å². The number of aromatic amines is 2. The standard InChI is InChI=1S/C12H14N2O6/c1-2-19-10(16)3-4-11(17)20-6-5-8-7-9(15)14-12(18)13-8/h3-4,7H,2,5-6H2,1H3,(H2,13,14,15,18)/b4-3+. The molecule has 2 N–H and O–H groups in total. The quantitative estimate of drug-likeness (QED) is 0.524. The van der Waals surface area contributed by atoms with Gasteiger partial charge in [0, 0.05) is 30.3 Å². The van der Waals surface area contributed by atoms with Crippen LogP contribution in [-0.4, -0.2) is 35.1 Å². The predicted molar refractivity (Wildman–Crippen MR) is 68.1 cm³/mol. The van der Waals surface area contributed by atoms with Crippen LogP contribution in [-0.2, 0) is 25.5 Å². The Morgan fingerprint density at radius 2 is 1.80 bits per heavy atom. The van der Waals surface area contributed by atoms with Crippen LogP contribution in [0.4, 0.5) is 0 Å². The van der Waals surface area contributed by atoms with Crippen LogP contribution in [0.15, 0.2) is 27.8 Å². The number of ether oxygens (including phenoxy) is 2. The Morgan fingerprint density at radius 1 is 1.15 bits per heavy atom. The third-order valence-electron chi connectivity index (χ3n) is 2.07. The van der Waals surface area contributed by atoms with Crippen molar-refractivity contribution in [2.45, 2.75) is 13.3 Å². The van der Waals surface area contributed by atoms with Crippen molar-refractivity contribution in [2.24, 2.45) is 0 Å². The van der Waals surface area contributed by atoms with Crippen LogP contribution in [0, 0.1) is 0 Å². The molecule has 0 aliphatic rings. The van der Waals surface area contributed by atoms with Gasteiger partial charge < -0.3 is 14.5 Å². The first-order chi connectivity index (χ1) is 9.51. The van der Waals surface area contributed by atoms with Gasteiger partial charge in [0.05, 0.1) is 13.2 Å². The fourth-order valence-electron chi connectivity index (χ4n) is 1.29. The lowest BCUT2D eigenvalue weighted by Gasteiger charge is -2.01. The van der Waals surface area contributed by atoms with E-state index in [2.05, 4.69) is 9.72 Å². The number of esters is 2. The van der Waals surface area contributed by atoms with E-state index < -0.39 is 23.2 Å². The van der Waals surface area contributed by atoms with E-state index in [-0.39, 0.29) is 19.6 Å². The van der Waals surface area contributed by atoms with Crippen molar-refractivity contribution in [3.8, 4) is 0 Å². The number of aromatic nitrogens is 2. The number of H-pyrrole nitrogens is 2. The molecule has 1 rings (SSSR count). The van der Waals surface area contributed by atoms with Crippen LogP contribution >= 0.6 is 0 Å². The number of rotatable bonds is 6. The van der Waals surface area contributed by atoms with E-state index in [1.165, 1.54) is 6.07 Å². The SMILES string of the molecule is CCOC(=O)/C=C/C(=O)OCCc1cc(=O)[nH]c(=O)[nH]1. The van der Waals surface area contributed by atoms with Gasteiger partial charge in [-0.05, 0) is 6.92 Å². The first-order valence-electron chi connectivity index (χ1n) is 5.85. The van der Waals surface area contributed by atoms with Gasteiger partial charge in [-0.2, -0.15) is 0 Å². The summed E-state index contributed by atoms with van der Waals surface area (Å²) in [6, 6.07) is 1.20. The van der Waals surface area contributed by atoms with Gasteiger partial charge >= 0.3 is 17.6 Å². The van der Waals surface area contributed by atoms with Crippen LogP contribution in [0.3, 0.4) is 0 Å². The number of hydrogen-bond donors (Lipinski definition) is 2. The lowest BCUT2D eigenvalue weighted by atomic mass is 10.3. The zero-order valence-corrected chi connectivity index (χ0v) is 10.8. The normalized spacial score (nSPS) is 10.4. The second kappa shape index (κ2) is 7.72. The summed E-state index contributed by atoms with van der Waals surface area (Å²) in [7, 11) is 0. The van der Waals surface area contributed by atoms with E-state index in [1.807, 2.05) is 4.98 Å². The van der Waals surface area contributed by atoms with Crippen molar-refractivity contribution in [1.29, 1.82) is 0 Å². The minimum Gasteiger partial charge on any atom is -0.463 e. The molecule has 0 saturated carbocycles. The Labute approximate surface area is 113 Å². The number of hydrogen-bond acceptors (Lipinski definition) is 6. The number of carbonyl (C=O) groups excluding carboxylic acids is 2. The number of carbonyl (C=O) groups is 2. The van der Waals surface area contributed by atoms with Crippen LogP contribution in [0.5, 0.6) is 0 Å². The van der Waals surface area contributed by atoms with Crippen LogP contribution in [0.25, 0.3) is 0 Å². The van der Waals surface area contributed by atoms with E-state index in [0.717, 1.165) is 12.2 Å². The zero-order valence-electron chi connectivity index (χ0n) is 10.8. The Hall–Kier alpha value is -2.64. The van der Waals surface area contributed by atoms with E-state index in [0.29, 0.717) is 5.69 Å². The van der Waals surface area contributed by atoms with Crippen LogP contribution in [0.2, 0.25) is 0 Å². The molecule has 1 aromatic heterocycles. The van der Waals surface area contributed by atoms with Gasteiger partial charge in [0.25, 0.3) is 5.56 Å². The van der Waals surface area contributed by atoms with Gasteiger partial charge in [-0.15, -0.1) is 0 Å². The summed E-state index contributed by atoms with van der Waals surface area (Å²) in [6.07, 6.45) is 2.08. The van der Waals surface area contributed by atoms with E-state index in [9.17, 15) is 19.2 Å². The molecular weight excluding hydrogens is 268 g/mol. The molecule has 20 heavy (non-hydrogen) atoms. The average Bonchev–Trinajstić information content (AvgIpc) is 2.35. The molecule has 0 spiro atoms. The van der Waals surface area contributed by atoms with Crippen molar-refractivity contribution in [3.05, 3.63) is 44.8 Å². The summed E-state index contributed by atoms with van der Waals surface area (Å²) in [5.74, 6) is -1.35. The fraction of sp³-hybridized carbons (Fsp3) is 0.333. The predicted octanol–water partition coefficient (Wildman–Crippen LogP) is -0.732. The summed E-state index contributed by atoms with van der Waals surface area (Å²) in [6.45, 7) is 1.83. The Kier molecular flexibility index (Phi) is 5.95. The monoisotopic (exact) mass is 282 g/mol. The summed E-state index contributed by atoms with van der Waals surface area (Å²) in [5.41, 5.74) is -0.806. The second-order valence-electron chi connectivity index (χ2n) is 3.62. The topological polar surface area (TPSA) is 118 Å². The third-order valence-corrected chi connectivity index (χ3v) is 2.07. The van der Waals surface area contributed by atoms with Crippen LogP contribution < -0.4 is 11.2 Å². The highest BCUT2D eigenvalue weighted by Crippen LogP contribution is 1.91. The van der Waals surface area contributed by atoms with Gasteiger partial charge in [0.2, 0.25) is 0 Å². The fourth-order valence-corrected chi connectivity index (χ4v) is 1.29.